The summed E-state index contributed by atoms with van der Waals surface area (Å²) in [5.74, 6) is 1.47. The molecule has 1 saturated heterocycles. The zero-order chi connectivity index (χ0) is 15.9. The van der Waals surface area contributed by atoms with Crippen LogP contribution in [0, 0.1) is 5.92 Å². The van der Waals surface area contributed by atoms with Gasteiger partial charge >= 0.3 is 0 Å². The van der Waals surface area contributed by atoms with Gasteiger partial charge in [0.05, 0.1) is 19.0 Å². The molecule has 0 bridgehead atoms. The molecule has 1 fully saturated rings. The molecule has 23 heavy (non-hydrogen) atoms. The largest absolute Gasteiger partial charge is 0.467 e. The molecule has 0 radical (unpaired) electrons. The maximum absolute atomic E-state index is 10.1. The van der Waals surface area contributed by atoms with E-state index in [-0.39, 0.29) is 0 Å². The van der Waals surface area contributed by atoms with Crippen LogP contribution >= 0.6 is 0 Å². The van der Waals surface area contributed by atoms with Crippen LogP contribution in [0.15, 0.2) is 41.3 Å². The standard InChI is InChI=1S/C17H25N3O3/c21-16(13-22-14-17-3-1-10-23-17)12-19-8-4-15(5-9-19)11-20-7-2-6-18-20/h1-3,6-7,10,15-16,21H,4-5,8-9,11-14H2/t16-/m0/s1. The summed E-state index contributed by atoms with van der Waals surface area (Å²) in [5, 5.41) is 14.4. The predicted octanol–water partition coefficient (Wildman–Crippen LogP) is 1.77. The number of aromatic nitrogens is 2. The van der Waals surface area contributed by atoms with Crippen molar-refractivity contribution in [3.05, 3.63) is 42.6 Å². The molecule has 1 aliphatic rings. The Hall–Kier alpha value is -1.63. The molecule has 0 spiro atoms. The molecule has 0 aliphatic carbocycles. The average Bonchev–Trinajstić information content (AvgIpc) is 3.23. The van der Waals surface area contributed by atoms with E-state index in [1.54, 1.807) is 6.26 Å². The topological polar surface area (TPSA) is 63.7 Å². The van der Waals surface area contributed by atoms with E-state index >= 15 is 0 Å². The summed E-state index contributed by atoms with van der Waals surface area (Å²) >= 11 is 0. The van der Waals surface area contributed by atoms with Crippen molar-refractivity contribution in [1.29, 1.82) is 0 Å². The molecule has 3 heterocycles. The Morgan fingerprint density at radius 1 is 1.35 bits per heavy atom. The Morgan fingerprint density at radius 3 is 2.91 bits per heavy atom. The minimum atomic E-state index is -0.451. The van der Waals surface area contributed by atoms with Gasteiger partial charge in [0.2, 0.25) is 0 Å². The number of ether oxygens (including phenoxy) is 1. The minimum absolute atomic E-state index is 0.341. The van der Waals surface area contributed by atoms with Crippen molar-refractivity contribution >= 4 is 0 Å². The fraction of sp³-hybridized carbons (Fsp3) is 0.588. The number of furan rings is 1. The minimum Gasteiger partial charge on any atom is -0.467 e. The average molecular weight is 319 g/mol. The molecule has 0 saturated carbocycles. The number of hydrogen-bond acceptors (Lipinski definition) is 5. The van der Waals surface area contributed by atoms with E-state index < -0.39 is 6.10 Å². The summed E-state index contributed by atoms with van der Waals surface area (Å²) in [6, 6.07) is 5.67. The highest BCUT2D eigenvalue weighted by Gasteiger charge is 2.21. The molecule has 1 atom stereocenters. The Morgan fingerprint density at radius 2 is 2.22 bits per heavy atom. The number of aliphatic hydroxyl groups excluding tert-OH is 1. The zero-order valence-corrected chi connectivity index (χ0v) is 13.4. The first-order valence-corrected chi connectivity index (χ1v) is 8.27. The third kappa shape index (κ3) is 5.20. The molecule has 1 aliphatic heterocycles. The second-order valence-electron chi connectivity index (χ2n) is 6.22. The van der Waals surface area contributed by atoms with Crippen LogP contribution in [0.25, 0.3) is 0 Å². The molecule has 0 unspecified atom stereocenters. The van der Waals surface area contributed by atoms with E-state index in [9.17, 15) is 5.11 Å². The van der Waals surface area contributed by atoms with Crippen molar-refractivity contribution in [3.63, 3.8) is 0 Å². The molecular weight excluding hydrogens is 294 g/mol. The van der Waals surface area contributed by atoms with Crippen molar-refractivity contribution in [1.82, 2.24) is 14.7 Å². The van der Waals surface area contributed by atoms with E-state index in [1.165, 1.54) is 0 Å². The number of aliphatic hydroxyl groups is 1. The summed E-state index contributed by atoms with van der Waals surface area (Å²) in [6.07, 6.45) is 7.33. The van der Waals surface area contributed by atoms with E-state index in [2.05, 4.69) is 10.00 Å². The lowest BCUT2D eigenvalue weighted by atomic mass is 9.96. The summed E-state index contributed by atoms with van der Waals surface area (Å²) in [4.78, 5) is 2.32. The summed E-state index contributed by atoms with van der Waals surface area (Å²) in [7, 11) is 0. The van der Waals surface area contributed by atoms with E-state index in [0.717, 1.165) is 38.2 Å². The second kappa shape index (κ2) is 8.29. The number of likely N-dealkylation sites (tertiary alicyclic amines) is 1. The van der Waals surface area contributed by atoms with Gasteiger partial charge in [-0.25, -0.2) is 0 Å². The van der Waals surface area contributed by atoms with E-state index in [0.29, 0.717) is 25.7 Å². The third-order valence-corrected chi connectivity index (χ3v) is 4.32. The molecule has 0 aromatic carbocycles. The van der Waals surface area contributed by atoms with Crippen LogP contribution < -0.4 is 0 Å². The van der Waals surface area contributed by atoms with Gasteiger partial charge in [-0.15, -0.1) is 0 Å². The quantitative estimate of drug-likeness (QED) is 0.803. The Bertz CT molecular complexity index is 533. The highest BCUT2D eigenvalue weighted by molar-refractivity contribution is 4.96. The van der Waals surface area contributed by atoms with Gasteiger partial charge in [0.1, 0.15) is 12.4 Å². The zero-order valence-electron chi connectivity index (χ0n) is 13.4. The van der Waals surface area contributed by atoms with Gasteiger partial charge in [0.15, 0.2) is 0 Å². The van der Waals surface area contributed by atoms with Crippen LogP contribution in [-0.4, -0.2) is 52.1 Å². The highest BCUT2D eigenvalue weighted by atomic mass is 16.5. The van der Waals surface area contributed by atoms with Crippen LogP contribution in [0.3, 0.4) is 0 Å². The lowest BCUT2D eigenvalue weighted by molar-refractivity contribution is -0.000335. The molecule has 2 aromatic heterocycles. The van der Waals surface area contributed by atoms with Crippen molar-refractivity contribution in [2.45, 2.75) is 32.1 Å². The Balaban J connectivity index is 1.30. The van der Waals surface area contributed by atoms with Crippen LogP contribution in [0.2, 0.25) is 0 Å². The van der Waals surface area contributed by atoms with Gasteiger partial charge < -0.3 is 19.2 Å². The first kappa shape index (κ1) is 16.2. The maximum atomic E-state index is 10.1. The molecule has 126 valence electrons. The number of β-amino-alcohol motifs (C(OH)–C–C–N with tert-alkyl or cyclic N) is 1. The van der Waals surface area contributed by atoms with Crippen LogP contribution in [0.1, 0.15) is 18.6 Å². The van der Waals surface area contributed by atoms with Gasteiger partial charge in [-0.05, 0) is 50.0 Å². The molecule has 3 rings (SSSR count). The van der Waals surface area contributed by atoms with Gasteiger partial charge in [-0.1, -0.05) is 0 Å². The summed E-state index contributed by atoms with van der Waals surface area (Å²) < 4.78 is 12.7. The number of rotatable bonds is 8. The highest BCUT2D eigenvalue weighted by Crippen LogP contribution is 2.19. The van der Waals surface area contributed by atoms with E-state index in [4.69, 9.17) is 9.15 Å². The molecule has 0 amide bonds. The second-order valence-corrected chi connectivity index (χ2v) is 6.22. The summed E-state index contributed by atoms with van der Waals surface area (Å²) in [5.41, 5.74) is 0. The van der Waals surface area contributed by atoms with Crippen molar-refractivity contribution in [2.75, 3.05) is 26.2 Å². The first-order chi connectivity index (χ1) is 11.3. The normalized spacial score (nSPS) is 18.3. The Kier molecular flexibility index (Phi) is 5.85. The number of hydrogen-bond donors (Lipinski definition) is 1. The fourth-order valence-corrected chi connectivity index (χ4v) is 3.07. The van der Waals surface area contributed by atoms with Crippen molar-refractivity contribution in [2.24, 2.45) is 5.92 Å². The Labute approximate surface area is 136 Å². The van der Waals surface area contributed by atoms with Gasteiger partial charge in [-0.3, -0.25) is 4.68 Å². The predicted molar refractivity (Wildman–Crippen MR) is 85.8 cm³/mol. The lowest BCUT2D eigenvalue weighted by Gasteiger charge is -2.33. The molecular formula is C17H25N3O3. The van der Waals surface area contributed by atoms with Crippen LogP contribution in [0.4, 0.5) is 0 Å². The van der Waals surface area contributed by atoms with Crippen LogP contribution in [-0.2, 0) is 17.9 Å². The molecule has 6 nitrogen and oxygen atoms in total. The summed E-state index contributed by atoms with van der Waals surface area (Å²) in [6.45, 7) is 4.48. The van der Waals surface area contributed by atoms with Gasteiger partial charge in [0, 0.05) is 25.5 Å². The smallest absolute Gasteiger partial charge is 0.129 e. The van der Waals surface area contributed by atoms with Gasteiger partial charge in [-0.2, -0.15) is 5.10 Å². The van der Waals surface area contributed by atoms with E-state index in [1.807, 2.05) is 35.3 Å². The van der Waals surface area contributed by atoms with Crippen molar-refractivity contribution < 1.29 is 14.3 Å². The van der Waals surface area contributed by atoms with Crippen LogP contribution in [0.5, 0.6) is 0 Å². The molecule has 6 heteroatoms. The van der Waals surface area contributed by atoms with Gasteiger partial charge in [0.25, 0.3) is 0 Å². The SMILES string of the molecule is O[C@H](COCc1ccco1)CN1CCC(Cn2cccn2)CC1. The number of nitrogens with zero attached hydrogens (tertiary/aromatic N) is 3. The first-order valence-electron chi connectivity index (χ1n) is 8.27. The molecule has 1 N–H and O–H groups in total. The third-order valence-electron chi connectivity index (χ3n) is 4.32. The fourth-order valence-electron chi connectivity index (χ4n) is 3.07. The van der Waals surface area contributed by atoms with Crippen molar-refractivity contribution in [3.8, 4) is 0 Å². The number of piperidine rings is 1. The monoisotopic (exact) mass is 319 g/mol. The lowest BCUT2D eigenvalue weighted by Crippen LogP contribution is -2.41. The molecule has 2 aromatic rings. The maximum Gasteiger partial charge on any atom is 0.129 e.